The molecule has 2 aliphatic rings. The average molecular weight is 545 g/mol. The van der Waals surface area contributed by atoms with Gasteiger partial charge in [-0.1, -0.05) is 115 Å². The molecular formula is C41H24N2. The first kappa shape index (κ1) is 23.9. The standard InChI is InChI=1S/C41H24N2/c42-25-29-22-28(20-21-43-29)27-18-19-34-38(23-27)41(36-16-8-6-13-31(36)32-14-7-9-17-37(32)41)39-24-35(26-10-2-1-3-11-26)30-12-4-5-15-33(30)40(34)39/h1-24H. The van der Waals surface area contributed by atoms with Gasteiger partial charge >= 0.3 is 0 Å². The van der Waals surface area contributed by atoms with Crippen LogP contribution in [0.2, 0.25) is 0 Å². The van der Waals surface area contributed by atoms with Crippen LogP contribution in [0.25, 0.3) is 55.3 Å². The summed E-state index contributed by atoms with van der Waals surface area (Å²) < 4.78 is 0. The summed E-state index contributed by atoms with van der Waals surface area (Å²) in [4.78, 5) is 4.23. The highest BCUT2D eigenvalue weighted by Gasteiger charge is 2.52. The van der Waals surface area contributed by atoms with Crippen molar-refractivity contribution in [2.75, 3.05) is 0 Å². The van der Waals surface area contributed by atoms with E-state index in [2.05, 4.69) is 138 Å². The minimum atomic E-state index is -0.480. The van der Waals surface area contributed by atoms with Gasteiger partial charge in [0.1, 0.15) is 11.8 Å². The van der Waals surface area contributed by atoms with Crippen LogP contribution < -0.4 is 0 Å². The van der Waals surface area contributed by atoms with E-state index in [-0.39, 0.29) is 0 Å². The Balaban J connectivity index is 1.46. The van der Waals surface area contributed by atoms with Crippen LogP contribution in [0.4, 0.5) is 0 Å². The molecule has 0 saturated heterocycles. The summed E-state index contributed by atoms with van der Waals surface area (Å²) in [5, 5.41) is 12.1. The van der Waals surface area contributed by atoms with Crippen LogP contribution in [-0.4, -0.2) is 4.98 Å². The number of rotatable bonds is 2. The van der Waals surface area contributed by atoms with Gasteiger partial charge in [0.05, 0.1) is 5.41 Å². The van der Waals surface area contributed by atoms with E-state index < -0.39 is 5.41 Å². The fourth-order valence-electron chi connectivity index (χ4n) is 7.70. The van der Waals surface area contributed by atoms with Crippen LogP contribution in [-0.2, 0) is 5.41 Å². The van der Waals surface area contributed by atoms with Crippen molar-refractivity contribution in [2.45, 2.75) is 5.41 Å². The van der Waals surface area contributed by atoms with E-state index >= 15 is 0 Å². The zero-order valence-electron chi connectivity index (χ0n) is 23.3. The zero-order valence-corrected chi connectivity index (χ0v) is 23.3. The number of fused-ring (bicyclic) bond motifs is 12. The van der Waals surface area contributed by atoms with E-state index in [0.717, 1.165) is 11.1 Å². The maximum Gasteiger partial charge on any atom is 0.141 e. The maximum absolute atomic E-state index is 9.58. The topological polar surface area (TPSA) is 36.7 Å². The fraction of sp³-hybridized carbons (Fsp3) is 0.0244. The molecule has 0 bridgehead atoms. The van der Waals surface area contributed by atoms with Crippen LogP contribution in [0.5, 0.6) is 0 Å². The molecule has 0 amide bonds. The number of nitrogens with zero attached hydrogens (tertiary/aromatic N) is 2. The molecule has 2 nitrogen and oxygen atoms in total. The quantitative estimate of drug-likeness (QED) is 0.217. The highest BCUT2D eigenvalue weighted by atomic mass is 14.7. The molecule has 0 aliphatic heterocycles. The molecule has 0 unspecified atom stereocenters. The van der Waals surface area contributed by atoms with Crippen molar-refractivity contribution >= 4 is 10.8 Å². The molecule has 1 aromatic heterocycles. The molecule has 6 aromatic carbocycles. The third-order valence-corrected chi connectivity index (χ3v) is 9.39. The summed E-state index contributed by atoms with van der Waals surface area (Å²) in [7, 11) is 0. The SMILES string of the molecule is N#Cc1cc(-c2ccc3c(c2)C2(c4ccccc4-c4ccccc42)c2cc(-c4ccccc4)c4ccccc4c2-3)ccn1. The smallest absolute Gasteiger partial charge is 0.141 e. The second-order valence-corrected chi connectivity index (χ2v) is 11.4. The predicted molar refractivity (Wildman–Crippen MR) is 174 cm³/mol. The molecule has 2 heteroatoms. The van der Waals surface area contributed by atoms with Crippen LogP contribution >= 0.6 is 0 Å². The Labute approximate surface area is 250 Å². The van der Waals surface area contributed by atoms with Crippen LogP contribution in [0.15, 0.2) is 146 Å². The van der Waals surface area contributed by atoms with Crippen molar-refractivity contribution in [2.24, 2.45) is 0 Å². The molecule has 0 N–H and O–H groups in total. The highest BCUT2D eigenvalue weighted by Crippen LogP contribution is 2.64. The van der Waals surface area contributed by atoms with Crippen LogP contribution in [0.3, 0.4) is 0 Å². The Morgan fingerprint density at radius 3 is 1.86 bits per heavy atom. The molecule has 1 heterocycles. The van der Waals surface area contributed by atoms with Gasteiger partial charge in [-0.05, 0) is 102 Å². The molecule has 0 radical (unpaired) electrons. The van der Waals surface area contributed by atoms with Gasteiger partial charge in [-0.25, -0.2) is 4.98 Å². The number of benzene rings is 6. The Morgan fingerprint density at radius 2 is 1.12 bits per heavy atom. The minimum absolute atomic E-state index is 0.422. The Hall–Kier alpha value is -5.78. The largest absolute Gasteiger partial charge is 0.246 e. The number of pyridine rings is 1. The maximum atomic E-state index is 9.58. The van der Waals surface area contributed by atoms with Gasteiger partial charge in [0, 0.05) is 6.20 Å². The van der Waals surface area contributed by atoms with Crippen molar-refractivity contribution in [3.8, 4) is 50.6 Å². The minimum Gasteiger partial charge on any atom is -0.246 e. The summed E-state index contributed by atoms with van der Waals surface area (Å²) in [5.41, 5.74) is 14.8. The summed E-state index contributed by atoms with van der Waals surface area (Å²) in [5.74, 6) is 0. The van der Waals surface area contributed by atoms with Crippen molar-refractivity contribution in [3.05, 3.63) is 174 Å². The van der Waals surface area contributed by atoms with E-state index in [0.29, 0.717) is 5.69 Å². The number of hydrogen-bond donors (Lipinski definition) is 0. The monoisotopic (exact) mass is 544 g/mol. The molecule has 7 aromatic rings. The lowest BCUT2D eigenvalue weighted by Crippen LogP contribution is -2.26. The summed E-state index contributed by atoms with van der Waals surface area (Å²) in [6.07, 6.45) is 1.73. The second kappa shape index (κ2) is 8.86. The lowest BCUT2D eigenvalue weighted by Gasteiger charge is -2.31. The van der Waals surface area contributed by atoms with E-state index in [1.54, 1.807) is 6.20 Å². The Bertz CT molecular complexity index is 2260. The lowest BCUT2D eigenvalue weighted by atomic mass is 9.69. The normalized spacial score (nSPS) is 13.3. The molecule has 43 heavy (non-hydrogen) atoms. The van der Waals surface area contributed by atoms with Crippen molar-refractivity contribution < 1.29 is 0 Å². The first-order valence-electron chi connectivity index (χ1n) is 14.6. The number of hydrogen-bond acceptors (Lipinski definition) is 2. The molecule has 198 valence electrons. The van der Waals surface area contributed by atoms with E-state index in [4.69, 9.17) is 0 Å². The van der Waals surface area contributed by atoms with Gasteiger partial charge in [0.15, 0.2) is 0 Å². The van der Waals surface area contributed by atoms with Gasteiger partial charge in [-0.15, -0.1) is 0 Å². The predicted octanol–water partition coefficient (Wildman–Crippen LogP) is 9.78. The molecular weight excluding hydrogens is 520 g/mol. The van der Waals surface area contributed by atoms with Crippen molar-refractivity contribution in [3.63, 3.8) is 0 Å². The highest BCUT2D eigenvalue weighted by molar-refractivity contribution is 6.11. The Morgan fingerprint density at radius 1 is 0.465 bits per heavy atom. The number of nitriles is 1. The van der Waals surface area contributed by atoms with E-state index in [9.17, 15) is 5.26 Å². The van der Waals surface area contributed by atoms with Crippen molar-refractivity contribution in [1.29, 1.82) is 5.26 Å². The molecule has 0 fully saturated rings. The lowest BCUT2D eigenvalue weighted by molar-refractivity contribution is 0.795. The first-order valence-corrected chi connectivity index (χ1v) is 14.6. The Kier molecular flexibility index (Phi) is 4.92. The molecule has 0 atom stereocenters. The van der Waals surface area contributed by atoms with E-state index in [1.807, 2.05) is 12.1 Å². The number of aromatic nitrogens is 1. The summed E-state index contributed by atoms with van der Waals surface area (Å²) >= 11 is 0. The molecule has 1 spiro atoms. The van der Waals surface area contributed by atoms with E-state index in [1.165, 1.54) is 66.4 Å². The second-order valence-electron chi connectivity index (χ2n) is 11.4. The van der Waals surface area contributed by atoms with Gasteiger partial charge in [0.25, 0.3) is 0 Å². The summed E-state index contributed by atoms with van der Waals surface area (Å²) in [6.45, 7) is 0. The van der Waals surface area contributed by atoms with Gasteiger partial charge < -0.3 is 0 Å². The fourth-order valence-corrected chi connectivity index (χ4v) is 7.70. The van der Waals surface area contributed by atoms with Crippen molar-refractivity contribution in [1.82, 2.24) is 4.98 Å². The third-order valence-electron chi connectivity index (χ3n) is 9.39. The van der Waals surface area contributed by atoms with Gasteiger partial charge in [-0.3, -0.25) is 0 Å². The molecule has 2 aliphatic carbocycles. The first-order chi connectivity index (χ1) is 21.3. The molecule has 0 saturated carbocycles. The molecule has 9 rings (SSSR count). The average Bonchev–Trinajstić information content (AvgIpc) is 3.55. The third kappa shape index (κ3) is 3.14. The van der Waals surface area contributed by atoms with Gasteiger partial charge in [-0.2, -0.15) is 5.26 Å². The summed E-state index contributed by atoms with van der Waals surface area (Å²) in [6, 6.07) is 52.8. The van der Waals surface area contributed by atoms with Crippen LogP contribution in [0.1, 0.15) is 27.9 Å². The van der Waals surface area contributed by atoms with Gasteiger partial charge in [0.2, 0.25) is 0 Å². The van der Waals surface area contributed by atoms with Crippen LogP contribution in [0, 0.1) is 11.3 Å². The zero-order chi connectivity index (χ0) is 28.5.